The van der Waals surface area contributed by atoms with E-state index in [1.807, 2.05) is 0 Å². The third kappa shape index (κ3) is 1.20. The minimum Gasteiger partial charge on any atom is -0.390 e. The van der Waals surface area contributed by atoms with Gasteiger partial charge in [0.15, 0.2) is 0 Å². The molecule has 0 amide bonds. The van der Waals surface area contributed by atoms with Crippen molar-refractivity contribution in [3.63, 3.8) is 0 Å². The van der Waals surface area contributed by atoms with Gasteiger partial charge in [0.1, 0.15) is 10.7 Å². The molecule has 0 saturated carbocycles. The molecule has 0 bridgehead atoms. The van der Waals surface area contributed by atoms with E-state index in [2.05, 4.69) is 21.1 Å². The summed E-state index contributed by atoms with van der Waals surface area (Å²) in [6, 6.07) is 0. The molecule has 0 aromatic heterocycles. The van der Waals surface area contributed by atoms with Crippen LogP contribution in [0.25, 0.3) is 0 Å². The van der Waals surface area contributed by atoms with Gasteiger partial charge in [0.25, 0.3) is 0 Å². The molecule has 1 heterocycles. The van der Waals surface area contributed by atoms with Crippen LogP contribution in [0, 0.1) is 0 Å². The molecule has 0 saturated heterocycles. The maximum Gasteiger partial charge on any atom is 0.145 e. The van der Waals surface area contributed by atoms with Crippen molar-refractivity contribution in [3.8, 4) is 0 Å². The Morgan fingerprint density at radius 1 is 2.00 bits per heavy atom. The van der Waals surface area contributed by atoms with Gasteiger partial charge in [-0.15, -0.1) is 0 Å². The Morgan fingerprint density at radius 2 is 2.75 bits per heavy atom. The minimum absolute atomic E-state index is 0.101. The number of hydrogen-bond donors (Lipinski definition) is 1. The van der Waals surface area contributed by atoms with Gasteiger partial charge < -0.3 is 10.6 Å². The van der Waals surface area contributed by atoms with Crippen LogP contribution in [0.3, 0.4) is 0 Å². The molecule has 0 aromatic rings. The van der Waals surface area contributed by atoms with E-state index in [9.17, 15) is 0 Å². The highest BCUT2D eigenvalue weighted by atomic mass is 79.9. The number of oxime groups is 1. The van der Waals surface area contributed by atoms with Gasteiger partial charge in [-0.1, -0.05) is 5.16 Å². The standard InChI is InChI=1S/C4H7BrN2O/c5-4-1-3(2-6)8-7-4/h3H,1-2,6H2/t3-/m1/s1. The van der Waals surface area contributed by atoms with Gasteiger partial charge in [0.05, 0.1) is 0 Å². The van der Waals surface area contributed by atoms with Crippen LogP contribution in [0.2, 0.25) is 0 Å². The fourth-order valence-electron chi connectivity index (χ4n) is 0.520. The zero-order chi connectivity index (χ0) is 5.98. The first kappa shape index (κ1) is 6.04. The average Bonchev–Trinajstić information content (AvgIpc) is 2.14. The maximum absolute atomic E-state index is 5.28. The van der Waals surface area contributed by atoms with Crippen molar-refractivity contribution in [2.45, 2.75) is 12.5 Å². The van der Waals surface area contributed by atoms with Crippen LogP contribution >= 0.6 is 15.9 Å². The summed E-state index contributed by atoms with van der Waals surface area (Å²) >= 11 is 3.19. The summed E-state index contributed by atoms with van der Waals surface area (Å²) in [6.07, 6.45) is 0.917. The molecule has 2 N–H and O–H groups in total. The molecule has 1 aliphatic rings. The summed E-state index contributed by atoms with van der Waals surface area (Å²) in [5.74, 6) is 0. The third-order valence-corrected chi connectivity index (χ3v) is 1.43. The summed E-state index contributed by atoms with van der Waals surface area (Å²) in [5.41, 5.74) is 5.28. The minimum atomic E-state index is 0.101. The fraction of sp³-hybridized carbons (Fsp3) is 0.750. The molecular weight excluding hydrogens is 172 g/mol. The smallest absolute Gasteiger partial charge is 0.145 e. The maximum atomic E-state index is 5.28. The molecule has 0 aromatic carbocycles. The van der Waals surface area contributed by atoms with Crippen molar-refractivity contribution in [1.29, 1.82) is 0 Å². The Balaban J connectivity index is 2.32. The molecule has 0 fully saturated rings. The van der Waals surface area contributed by atoms with Gasteiger partial charge in [-0.2, -0.15) is 0 Å². The second-order valence-corrected chi connectivity index (χ2v) is 2.55. The van der Waals surface area contributed by atoms with Gasteiger partial charge in [-0.05, 0) is 15.9 Å². The number of hydrogen-bond acceptors (Lipinski definition) is 3. The predicted molar refractivity (Wildman–Crippen MR) is 34.9 cm³/mol. The topological polar surface area (TPSA) is 47.6 Å². The van der Waals surface area contributed by atoms with Crippen LogP contribution in [-0.4, -0.2) is 17.3 Å². The largest absolute Gasteiger partial charge is 0.390 e. The Hall–Kier alpha value is -0.0900. The van der Waals surface area contributed by atoms with Gasteiger partial charge in [-0.25, -0.2) is 0 Å². The quantitative estimate of drug-likeness (QED) is 0.634. The van der Waals surface area contributed by atoms with E-state index in [-0.39, 0.29) is 6.10 Å². The van der Waals surface area contributed by atoms with Gasteiger partial charge in [0, 0.05) is 13.0 Å². The first-order valence-corrected chi connectivity index (χ1v) is 3.20. The Bertz CT molecular complexity index is 115. The first-order chi connectivity index (χ1) is 3.83. The lowest BCUT2D eigenvalue weighted by molar-refractivity contribution is 0.0919. The van der Waals surface area contributed by atoms with Gasteiger partial charge in [0.2, 0.25) is 0 Å². The molecule has 1 rings (SSSR count). The highest BCUT2D eigenvalue weighted by Gasteiger charge is 2.16. The normalized spacial score (nSPS) is 27.2. The third-order valence-electron chi connectivity index (χ3n) is 0.960. The second kappa shape index (κ2) is 2.46. The number of nitrogens with zero attached hydrogens (tertiary/aromatic N) is 1. The molecule has 0 unspecified atom stereocenters. The molecule has 1 atom stereocenters. The number of halogens is 1. The molecule has 0 aliphatic carbocycles. The summed E-state index contributed by atoms with van der Waals surface area (Å²) in [6.45, 7) is 0.540. The molecule has 8 heavy (non-hydrogen) atoms. The van der Waals surface area contributed by atoms with Crippen LogP contribution in [0.15, 0.2) is 5.16 Å². The Labute approximate surface area is 56.0 Å². The zero-order valence-electron chi connectivity index (χ0n) is 4.30. The van der Waals surface area contributed by atoms with Crippen molar-refractivity contribution >= 4 is 20.6 Å². The molecule has 1 aliphatic heterocycles. The first-order valence-electron chi connectivity index (χ1n) is 2.41. The van der Waals surface area contributed by atoms with Gasteiger partial charge >= 0.3 is 0 Å². The van der Waals surface area contributed by atoms with E-state index in [4.69, 9.17) is 10.6 Å². The van der Waals surface area contributed by atoms with E-state index < -0.39 is 0 Å². The van der Waals surface area contributed by atoms with Crippen LogP contribution in [0.1, 0.15) is 6.42 Å². The zero-order valence-corrected chi connectivity index (χ0v) is 5.89. The van der Waals surface area contributed by atoms with Crippen LogP contribution < -0.4 is 5.73 Å². The molecule has 0 radical (unpaired) electrons. The summed E-state index contributed by atoms with van der Waals surface area (Å²) in [4.78, 5) is 4.83. The van der Waals surface area contributed by atoms with E-state index in [0.29, 0.717) is 6.54 Å². The van der Waals surface area contributed by atoms with E-state index in [1.54, 1.807) is 0 Å². The van der Waals surface area contributed by atoms with Crippen molar-refractivity contribution in [1.82, 2.24) is 0 Å². The van der Waals surface area contributed by atoms with Crippen LogP contribution in [-0.2, 0) is 4.84 Å². The number of rotatable bonds is 1. The fourth-order valence-corrected chi connectivity index (χ4v) is 0.965. The predicted octanol–water partition coefficient (Wildman–Crippen LogP) is 0.442. The summed E-state index contributed by atoms with van der Waals surface area (Å²) < 4.78 is 0.855. The lowest BCUT2D eigenvalue weighted by Crippen LogP contribution is -2.18. The molecule has 4 heteroatoms. The van der Waals surface area contributed by atoms with E-state index >= 15 is 0 Å². The monoisotopic (exact) mass is 178 g/mol. The lowest BCUT2D eigenvalue weighted by atomic mass is 10.3. The highest BCUT2D eigenvalue weighted by Crippen LogP contribution is 2.12. The van der Waals surface area contributed by atoms with Crippen molar-refractivity contribution in [2.24, 2.45) is 10.9 Å². The summed E-state index contributed by atoms with van der Waals surface area (Å²) in [7, 11) is 0. The Kier molecular flexibility index (Phi) is 1.85. The second-order valence-electron chi connectivity index (χ2n) is 1.63. The van der Waals surface area contributed by atoms with Crippen LogP contribution in [0.4, 0.5) is 0 Å². The lowest BCUT2D eigenvalue weighted by Gasteiger charge is -2.00. The molecule has 3 nitrogen and oxygen atoms in total. The van der Waals surface area contributed by atoms with Crippen molar-refractivity contribution in [3.05, 3.63) is 0 Å². The van der Waals surface area contributed by atoms with Crippen LogP contribution in [0.5, 0.6) is 0 Å². The van der Waals surface area contributed by atoms with E-state index in [0.717, 1.165) is 11.0 Å². The van der Waals surface area contributed by atoms with Crippen molar-refractivity contribution in [2.75, 3.05) is 6.54 Å². The SMILES string of the molecule is NC[C@H]1CC(Br)=NO1. The molecular formula is C4H7BrN2O. The van der Waals surface area contributed by atoms with Gasteiger partial charge in [-0.3, -0.25) is 0 Å². The van der Waals surface area contributed by atoms with Crippen molar-refractivity contribution < 1.29 is 4.84 Å². The average molecular weight is 179 g/mol. The van der Waals surface area contributed by atoms with E-state index in [1.165, 1.54) is 0 Å². The summed E-state index contributed by atoms with van der Waals surface area (Å²) in [5, 5.41) is 3.64. The number of nitrogens with two attached hydrogens (primary N) is 1. The Morgan fingerprint density at radius 3 is 3.00 bits per heavy atom. The molecule has 0 spiro atoms. The molecule has 46 valence electrons. The highest BCUT2D eigenvalue weighted by molar-refractivity contribution is 9.18.